The molecule has 1 aliphatic rings. The molecular weight excluding hydrogens is 266 g/mol. The zero-order valence-corrected chi connectivity index (χ0v) is 12.8. The van der Waals surface area contributed by atoms with Crippen LogP contribution in [-0.4, -0.2) is 80.9 Å². The molecule has 114 valence electrons. The first kappa shape index (κ1) is 16.8. The molecule has 1 unspecified atom stereocenters. The molecule has 0 aliphatic carbocycles. The zero-order valence-electron chi connectivity index (χ0n) is 12.0. The van der Waals surface area contributed by atoms with Crippen molar-refractivity contribution in [2.24, 2.45) is 0 Å². The van der Waals surface area contributed by atoms with Crippen molar-refractivity contribution in [3.05, 3.63) is 0 Å². The van der Waals surface area contributed by atoms with E-state index in [9.17, 15) is 8.42 Å². The van der Waals surface area contributed by atoms with Gasteiger partial charge in [0, 0.05) is 45.4 Å². The second kappa shape index (κ2) is 8.16. The molecule has 0 aromatic carbocycles. The molecule has 0 amide bonds. The van der Waals surface area contributed by atoms with Crippen LogP contribution in [0.1, 0.15) is 19.8 Å². The highest BCUT2D eigenvalue weighted by molar-refractivity contribution is 7.88. The van der Waals surface area contributed by atoms with Crippen molar-refractivity contribution >= 4 is 10.0 Å². The van der Waals surface area contributed by atoms with E-state index in [-0.39, 0.29) is 12.6 Å². The maximum absolute atomic E-state index is 11.4. The maximum Gasteiger partial charge on any atom is 0.211 e. The molecule has 1 saturated heterocycles. The van der Waals surface area contributed by atoms with Crippen molar-refractivity contribution in [3.8, 4) is 0 Å². The number of sulfonamides is 1. The Morgan fingerprint density at radius 3 is 2.37 bits per heavy atom. The van der Waals surface area contributed by atoms with Gasteiger partial charge in [0.25, 0.3) is 0 Å². The van der Waals surface area contributed by atoms with E-state index in [2.05, 4.69) is 17.1 Å². The van der Waals surface area contributed by atoms with Gasteiger partial charge in [-0.3, -0.25) is 4.90 Å². The first-order chi connectivity index (χ1) is 8.97. The van der Waals surface area contributed by atoms with Crippen molar-refractivity contribution in [2.75, 3.05) is 52.1 Å². The molecule has 0 aromatic rings. The summed E-state index contributed by atoms with van der Waals surface area (Å²) >= 11 is 0. The van der Waals surface area contributed by atoms with E-state index in [0.29, 0.717) is 13.1 Å². The molecule has 0 aromatic heterocycles. The number of aliphatic hydroxyl groups excluding tert-OH is 1. The van der Waals surface area contributed by atoms with Crippen LogP contribution < -0.4 is 5.32 Å². The Balaban J connectivity index is 2.37. The largest absolute Gasteiger partial charge is 0.396 e. The van der Waals surface area contributed by atoms with Crippen molar-refractivity contribution in [1.82, 2.24) is 14.5 Å². The first-order valence-corrected chi connectivity index (χ1v) is 8.84. The minimum Gasteiger partial charge on any atom is -0.396 e. The van der Waals surface area contributed by atoms with Gasteiger partial charge in [0.15, 0.2) is 0 Å². The summed E-state index contributed by atoms with van der Waals surface area (Å²) in [6, 6.07) is 0.287. The third-order valence-corrected chi connectivity index (χ3v) is 4.74. The quantitative estimate of drug-likeness (QED) is 0.620. The van der Waals surface area contributed by atoms with Crippen LogP contribution in [0.4, 0.5) is 0 Å². The number of nitrogens with zero attached hydrogens (tertiary/aromatic N) is 2. The molecule has 19 heavy (non-hydrogen) atoms. The molecule has 0 radical (unpaired) electrons. The lowest BCUT2D eigenvalue weighted by atomic mass is 10.2. The first-order valence-electron chi connectivity index (χ1n) is 6.99. The smallest absolute Gasteiger partial charge is 0.211 e. The number of hydrogen-bond donors (Lipinski definition) is 2. The second-order valence-electron chi connectivity index (χ2n) is 5.13. The minimum atomic E-state index is -3.05. The van der Waals surface area contributed by atoms with E-state index in [1.54, 1.807) is 0 Å². The average molecular weight is 293 g/mol. The van der Waals surface area contributed by atoms with Gasteiger partial charge in [-0.2, -0.15) is 4.31 Å². The predicted octanol–water partition coefficient (Wildman–Crippen LogP) is -0.686. The Kier molecular flexibility index (Phi) is 7.23. The number of nitrogens with one attached hydrogen (secondary N) is 1. The molecule has 1 fully saturated rings. The summed E-state index contributed by atoms with van der Waals surface area (Å²) in [7, 11) is -3.05. The van der Waals surface area contributed by atoms with Gasteiger partial charge in [-0.1, -0.05) is 6.92 Å². The highest BCUT2D eigenvalue weighted by atomic mass is 32.2. The van der Waals surface area contributed by atoms with Crippen LogP contribution in [0, 0.1) is 0 Å². The lowest BCUT2D eigenvalue weighted by Gasteiger charge is -2.35. The summed E-state index contributed by atoms with van der Waals surface area (Å²) in [5, 5.41) is 12.5. The Morgan fingerprint density at radius 2 is 1.89 bits per heavy atom. The van der Waals surface area contributed by atoms with E-state index >= 15 is 0 Å². The summed E-state index contributed by atoms with van der Waals surface area (Å²) in [6.45, 7) is 6.80. The summed E-state index contributed by atoms with van der Waals surface area (Å²) in [4.78, 5) is 2.27. The Hall–Kier alpha value is -0.210. The number of piperazine rings is 1. The van der Waals surface area contributed by atoms with Crippen molar-refractivity contribution in [3.63, 3.8) is 0 Å². The predicted molar refractivity (Wildman–Crippen MR) is 76.6 cm³/mol. The van der Waals surface area contributed by atoms with Gasteiger partial charge in [0.05, 0.1) is 6.26 Å². The minimum absolute atomic E-state index is 0.185. The lowest BCUT2D eigenvalue weighted by Crippen LogP contribution is -2.52. The van der Waals surface area contributed by atoms with Gasteiger partial charge in [0.1, 0.15) is 0 Å². The summed E-state index contributed by atoms with van der Waals surface area (Å²) in [5.41, 5.74) is 0. The fourth-order valence-corrected chi connectivity index (χ4v) is 3.14. The fourth-order valence-electron chi connectivity index (χ4n) is 2.32. The normalized spacial score (nSPS) is 20.6. The number of rotatable bonds is 8. The van der Waals surface area contributed by atoms with E-state index < -0.39 is 10.0 Å². The molecule has 1 rings (SSSR count). The van der Waals surface area contributed by atoms with E-state index in [0.717, 1.165) is 39.0 Å². The zero-order chi connectivity index (χ0) is 14.3. The number of hydrogen-bond acceptors (Lipinski definition) is 5. The molecule has 7 heteroatoms. The highest BCUT2D eigenvalue weighted by Crippen LogP contribution is 2.07. The SMILES string of the molecule is CCCNC(CCO)CN1CCN(S(C)(=O)=O)CC1. The Morgan fingerprint density at radius 1 is 1.26 bits per heavy atom. The molecule has 0 spiro atoms. The van der Waals surface area contributed by atoms with Gasteiger partial charge < -0.3 is 10.4 Å². The van der Waals surface area contributed by atoms with Crippen LogP contribution in [0.25, 0.3) is 0 Å². The fraction of sp³-hybridized carbons (Fsp3) is 1.00. The van der Waals surface area contributed by atoms with Crippen LogP contribution in [0.5, 0.6) is 0 Å². The van der Waals surface area contributed by atoms with E-state index in [1.165, 1.54) is 10.6 Å². The molecule has 0 bridgehead atoms. The monoisotopic (exact) mass is 293 g/mol. The van der Waals surface area contributed by atoms with Crippen LogP contribution >= 0.6 is 0 Å². The van der Waals surface area contributed by atoms with Gasteiger partial charge >= 0.3 is 0 Å². The van der Waals surface area contributed by atoms with Crippen LogP contribution in [0.2, 0.25) is 0 Å². The van der Waals surface area contributed by atoms with Gasteiger partial charge in [-0.25, -0.2) is 8.42 Å². The molecular formula is C12H27N3O3S. The summed E-state index contributed by atoms with van der Waals surface area (Å²) in [6.07, 6.45) is 3.08. The highest BCUT2D eigenvalue weighted by Gasteiger charge is 2.24. The maximum atomic E-state index is 11.4. The molecule has 0 saturated carbocycles. The van der Waals surface area contributed by atoms with E-state index in [1.807, 2.05) is 0 Å². The van der Waals surface area contributed by atoms with Crippen molar-refractivity contribution in [2.45, 2.75) is 25.8 Å². The van der Waals surface area contributed by atoms with Crippen LogP contribution in [-0.2, 0) is 10.0 Å². The third-order valence-electron chi connectivity index (χ3n) is 3.44. The molecule has 1 atom stereocenters. The summed E-state index contributed by atoms with van der Waals surface area (Å²) < 4.78 is 24.4. The molecule has 1 heterocycles. The van der Waals surface area contributed by atoms with Gasteiger partial charge in [0.2, 0.25) is 10.0 Å². The topological polar surface area (TPSA) is 72.9 Å². The van der Waals surface area contributed by atoms with Crippen molar-refractivity contribution in [1.29, 1.82) is 0 Å². The average Bonchev–Trinajstić information content (AvgIpc) is 2.36. The van der Waals surface area contributed by atoms with Crippen LogP contribution in [0.3, 0.4) is 0 Å². The Bertz CT molecular complexity index is 340. The standard InChI is InChI=1S/C12H27N3O3S/c1-3-5-13-12(4-10-16)11-14-6-8-15(9-7-14)19(2,17)18/h12-13,16H,3-11H2,1-2H3. The third kappa shape index (κ3) is 6.18. The Labute approximate surface area is 116 Å². The van der Waals surface area contributed by atoms with Crippen molar-refractivity contribution < 1.29 is 13.5 Å². The summed E-state index contributed by atoms with van der Waals surface area (Å²) in [5.74, 6) is 0. The lowest BCUT2D eigenvalue weighted by molar-refractivity contribution is 0.161. The van der Waals surface area contributed by atoms with Gasteiger partial charge in [-0.15, -0.1) is 0 Å². The van der Waals surface area contributed by atoms with Crippen LogP contribution in [0.15, 0.2) is 0 Å². The van der Waals surface area contributed by atoms with Gasteiger partial charge in [-0.05, 0) is 19.4 Å². The molecule has 1 aliphatic heterocycles. The second-order valence-corrected chi connectivity index (χ2v) is 7.11. The number of aliphatic hydroxyl groups is 1. The molecule has 2 N–H and O–H groups in total. The van der Waals surface area contributed by atoms with E-state index in [4.69, 9.17) is 5.11 Å². The molecule has 6 nitrogen and oxygen atoms in total.